The predicted octanol–water partition coefficient (Wildman–Crippen LogP) is 9.71. The molecule has 0 spiro atoms. The van der Waals surface area contributed by atoms with Crippen molar-refractivity contribution in [2.45, 2.75) is 20.8 Å². The molecule has 0 saturated heterocycles. The molecule has 5 aromatic heterocycles. The summed E-state index contributed by atoms with van der Waals surface area (Å²) >= 11 is 0. The molecule has 9 aromatic rings. The molecule has 6 heterocycles. The standard InChI is InChI=1S/C45H35N9/c1-28-13-4-7-19-37(28)52-40(49-34-16-10-22-46-43(34)52)31-25-32(41-50-35-17-11-23-47-44(35)53(41)38-20-8-5-14-29(38)2)27-33(26-31)42-51-36-18-12-24-48-45(36)54(42)39-21-9-6-15-30(39)3/h4-23,25-27,48H,24H2,1-3H3. The summed E-state index contributed by atoms with van der Waals surface area (Å²) in [6.45, 7) is 7.10. The van der Waals surface area contributed by atoms with E-state index in [1.165, 1.54) is 0 Å². The lowest BCUT2D eigenvalue weighted by Gasteiger charge is -2.18. The van der Waals surface area contributed by atoms with Gasteiger partial charge in [-0.3, -0.25) is 13.7 Å². The molecule has 1 aliphatic rings. The van der Waals surface area contributed by atoms with E-state index >= 15 is 0 Å². The Morgan fingerprint density at radius 1 is 0.500 bits per heavy atom. The van der Waals surface area contributed by atoms with Gasteiger partial charge in [-0.25, -0.2) is 24.9 Å². The average molecular weight is 702 g/mol. The third kappa shape index (κ3) is 5.04. The second-order valence-electron chi connectivity index (χ2n) is 13.7. The van der Waals surface area contributed by atoms with Gasteiger partial charge in [0.1, 0.15) is 40.0 Å². The predicted molar refractivity (Wildman–Crippen MR) is 216 cm³/mol. The van der Waals surface area contributed by atoms with Crippen LogP contribution in [0.15, 0.2) is 134 Å². The number of aryl methyl sites for hydroxylation is 3. The van der Waals surface area contributed by atoms with Crippen molar-refractivity contribution in [1.29, 1.82) is 0 Å². The molecule has 10 rings (SSSR count). The summed E-state index contributed by atoms with van der Waals surface area (Å²) in [5, 5.41) is 3.61. The first-order valence-electron chi connectivity index (χ1n) is 18.1. The van der Waals surface area contributed by atoms with Crippen molar-refractivity contribution in [1.82, 2.24) is 38.6 Å². The number of hydrogen-bond acceptors (Lipinski definition) is 6. The lowest BCUT2D eigenvalue weighted by molar-refractivity contribution is 1.04. The molecule has 9 nitrogen and oxygen atoms in total. The molecule has 0 unspecified atom stereocenters. The number of benzene rings is 4. The van der Waals surface area contributed by atoms with Gasteiger partial charge < -0.3 is 5.32 Å². The van der Waals surface area contributed by atoms with Crippen molar-refractivity contribution >= 4 is 34.2 Å². The van der Waals surface area contributed by atoms with Crippen LogP contribution in [0, 0.1) is 20.8 Å². The Labute approximate surface area is 312 Å². The molecule has 0 saturated carbocycles. The summed E-state index contributed by atoms with van der Waals surface area (Å²) in [5.41, 5.74) is 13.3. The highest BCUT2D eigenvalue weighted by molar-refractivity contribution is 5.87. The zero-order chi connectivity index (χ0) is 36.3. The minimum atomic E-state index is 0.718. The van der Waals surface area contributed by atoms with Crippen LogP contribution in [0.1, 0.15) is 22.4 Å². The fraction of sp³-hybridized carbons (Fsp3) is 0.0889. The van der Waals surface area contributed by atoms with Crippen molar-refractivity contribution in [3.05, 3.63) is 156 Å². The van der Waals surface area contributed by atoms with Crippen molar-refractivity contribution < 1.29 is 0 Å². The molecule has 1 N–H and O–H groups in total. The average Bonchev–Trinajstić information content (AvgIpc) is 3.91. The van der Waals surface area contributed by atoms with Gasteiger partial charge in [-0.2, -0.15) is 0 Å². The molecule has 0 aliphatic carbocycles. The second-order valence-corrected chi connectivity index (χ2v) is 13.7. The fourth-order valence-electron chi connectivity index (χ4n) is 7.60. The van der Waals surface area contributed by atoms with E-state index in [0.717, 1.165) is 108 Å². The van der Waals surface area contributed by atoms with Crippen LogP contribution in [-0.2, 0) is 0 Å². The Hall–Kier alpha value is -7.13. The third-order valence-electron chi connectivity index (χ3n) is 10.2. The number of anilines is 1. The van der Waals surface area contributed by atoms with Crippen LogP contribution in [-0.4, -0.2) is 45.2 Å². The van der Waals surface area contributed by atoms with Crippen LogP contribution in [0.25, 0.3) is 79.6 Å². The first-order chi connectivity index (χ1) is 26.5. The topological polar surface area (TPSA) is 91.3 Å². The molecule has 0 atom stereocenters. The third-order valence-corrected chi connectivity index (χ3v) is 10.2. The van der Waals surface area contributed by atoms with E-state index in [1.807, 2.05) is 36.7 Å². The van der Waals surface area contributed by atoms with Gasteiger partial charge in [-0.05, 0) is 104 Å². The number of para-hydroxylation sites is 3. The van der Waals surface area contributed by atoms with Crippen molar-refractivity contribution in [2.24, 2.45) is 0 Å². The lowest BCUT2D eigenvalue weighted by Crippen LogP contribution is -2.10. The minimum absolute atomic E-state index is 0.718. The van der Waals surface area contributed by atoms with Gasteiger partial charge in [0.25, 0.3) is 0 Å². The van der Waals surface area contributed by atoms with E-state index in [0.29, 0.717) is 0 Å². The normalized spacial score (nSPS) is 12.4. The molecular formula is C45H35N9. The van der Waals surface area contributed by atoms with Gasteiger partial charge in [0.15, 0.2) is 11.3 Å². The van der Waals surface area contributed by atoms with Crippen molar-refractivity contribution in [2.75, 3.05) is 11.9 Å². The summed E-state index contributed by atoms with van der Waals surface area (Å²) in [5.74, 6) is 3.32. The maximum atomic E-state index is 5.32. The van der Waals surface area contributed by atoms with E-state index in [2.05, 4.69) is 143 Å². The zero-order valence-corrected chi connectivity index (χ0v) is 30.1. The molecule has 260 valence electrons. The Bertz CT molecular complexity index is 2800. The highest BCUT2D eigenvalue weighted by Gasteiger charge is 2.25. The molecule has 0 amide bonds. The zero-order valence-electron chi connectivity index (χ0n) is 30.1. The van der Waals surface area contributed by atoms with E-state index in [-0.39, 0.29) is 0 Å². The van der Waals surface area contributed by atoms with E-state index < -0.39 is 0 Å². The van der Waals surface area contributed by atoms with Gasteiger partial charge in [0, 0.05) is 35.6 Å². The van der Waals surface area contributed by atoms with Crippen LogP contribution in [0.2, 0.25) is 0 Å². The van der Waals surface area contributed by atoms with Gasteiger partial charge in [-0.15, -0.1) is 0 Å². The first kappa shape index (κ1) is 31.6. The summed E-state index contributed by atoms with van der Waals surface area (Å²) in [6.07, 6.45) is 7.86. The van der Waals surface area contributed by atoms with Crippen molar-refractivity contribution in [3.8, 4) is 51.2 Å². The highest BCUT2D eigenvalue weighted by atomic mass is 15.2. The van der Waals surface area contributed by atoms with Crippen LogP contribution in [0.5, 0.6) is 0 Å². The highest BCUT2D eigenvalue weighted by Crippen LogP contribution is 2.40. The number of hydrogen-bond donors (Lipinski definition) is 1. The summed E-state index contributed by atoms with van der Waals surface area (Å²) in [4.78, 5) is 25.6. The maximum absolute atomic E-state index is 5.32. The quantitative estimate of drug-likeness (QED) is 0.186. The number of rotatable bonds is 6. The minimum Gasteiger partial charge on any atom is -0.366 e. The molecular weight excluding hydrogens is 667 g/mol. The largest absolute Gasteiger partial charge is 0.366 e. The molecule has 0 fully saturated rings. The molecule has 4 aromatic carbocycles. The van der Waals surface area contributed by atoms with Crippen LogP contribution >= 0.6 is 0 Å². The molecule has 0 radical (unpaired) electrons. The number of aromatic nitrogens is 8. The fourth-order valence-corrected chi connectivity index (χ4v) is 7.60. The van der Waals surface area contributed by atoms with Gasteiger partial charge in [-0.1, -0.05) is 60.7 Å². The van der Waals surface area contributed by atoms with Gasteiger partial charge >= 0.3 is 0 Å². The maximum Gasteiger partial charge on any atom is 0.164 e. The van der Waals surface area contributed by atoms with Gasteiger partial charge in [0.05, 0.1) is 17.1 Å². The van der Waals surface area contributed by atoms with Crippen LogP contribution in [0.4, 0.5) is 5.82 Å². The van der Waals surface area contributed by atoms with Crippen LogP contribution < -0.4 is 5.32 Å². The monoisotopic (exact) mass is 701 g/mol. The second kappa shape index (κ2) is 12.5. The summed E-state index contributed by atoms with van der Waals surface area (Å²) in [7, 11) is 0. The molecule has 0 bridgehead atoms. The van der Waals surface area contributed by atoms with E-state index in [9.17, 15) is 0 Å². The number of imidazole rings is 3. The van der Waals surface area contributed by atoms with Gasteiger partial charge in [0.2, 0.25) is 0 Å². The molecule has 54 heavy (non-hydrogen) atoms. The SMILES string of the molecule is Cc1ccccc1-n1c(-c2cc(-c3nc4cccnc4n3-c3ccccc3C)cc(-c3nc4cccnc4n3-c3ccccc3C)c2)nc2c1NCC=C2. The van der Waals surface area contributed by atoms with E-state index in [4.69, 9.17) is 24.9 Å². The Balaban J connectivity index is 1.32. The van der Waals surface area contributed by atoms with Crippen molar-refractivity contribution in [3.63, 3.8) is 0 Å². The number of nitrogens with zero attached hydrogens (tertiary/aromatic N) is 8. The number of fused-ring (bicyclic) bond motifs is 3. The Morgan fingerprint density at radius 2 is 0.944 bits per heavy atom. The number of nitrogens with one attached hydrogen (secondary N) is 1. The molecule has 9 heteroatoms. The lowest BCUT2D eigenvalue weighted by atomic mass is 10.0. The summed E-state index contributed by atoms with van der Waals surface area (Å²) in [6, 6.07) is 39.7. The molecule has 1 aliphatic heterocycles. The first-order valence-corrected chi connectivity index (χ1v) is 18.1. The Morgan fingerprint density at radius 3 is 1.43 bits per heavy atom. The van der Waals surface area contributed by atoms with Crippen LogP contribution in [0.3, 0.4) is 0 Å². The number of pyridine rings is 2. The summed E-state index contributed by atoms with van der Waals surface area (Å²) < 4.78 is 6.58. The smallest absolute Gasteiger partial charge is 0.164 e. The Kier molecular flexibility index (Phi) is 7.33. The van der Waals surface area contributed by atoms with E-state index in [1.54, 1.807) is 0 Å².